The summed E-state index contributed by atoms with van der Waals surface area (Å²) in [4.78, 5) is 38.4. The van der Waals surface area contributed by atoms with E-state index in [2.05, 4.69) is 10.6 Å². The molecule has 0 saturated carbocycles. The summed E-state index contributed by atoms with van der Waals surface area (Å²) in [7, 11) is 0. The highest BCUT2D eigenvalue weighted by atomic mass is 16.5. The topological polar surface area (TPSA) is 87.7 Å². The molecule has 2 aromatic carbocycles. The molecule has 3 amide bonds. The molecule has 7 nitrogen and oxygen atoms in total. The van der Waals surface area contributed by atoms with Crippen LogP contribution in [0.2, 0.25) is 0 Å². The molecular formula is C24H29N3O4. The van der Waals surface area contributed by atoms with Gasteiger partial charge in [-0.1, -0.05) is 43.3 Å². The maximum Gasteiger partial charge on any atom is 0.258 e. The van der Waals surface area contributed by atoms with Gasteiger partial charge >= 0.3 is 0 Å². The molecule has 1 aliphatic heterocycles. The fraction of sp³-hybridized carbons (Fsp3) is 0.375. The zero-order valence-corrected chi connectivity index (χ0v) is 17.8. The van der Waals surface area contributed by atoms with Crippen LogP contribution in [0.4, 0.5) is 0 Å². The van der Waals surface area contributed by atoms with Crippen molar-refractivity contribution < 1.29 is 19.1 Å². The maximum atomic E-state index is 12.4. The molecule has 2 N–H and O–H groups in total. The van der Waals surface area contributed by atoms with Crippen molar-refractivity contribution in [1.82, 2.24) is 15.5 Å². The first kappa shape index (κ1) is 22.3. The zero-order valence-electron chi connectivity index (χ0n) is 17.8. The number of aryl methyl sites for hydroxylation is 1. The number of carbonyl (C=O) groups is 3. The molecule has 1 saturated heterocycles. The number of rotatable bonds is 8. The average molecular weight is 424 g/mol. The lowest BCUT2D eigenvalue weighted by Gasteiger charge is -2.32. The molecule has 1 fully saturated rings. The average Bonchev–Trinajstić information content (AvgIpc) is 2.82. The second-order valence-electron chi connectivity index (χ2n) is 7.52. The Morgan fingerprint density at radius 3 is 2.39 bits per heavy atom. The van der Waals surface area contributed by atoms with E-state index in [1.807, 2.05) is 37.3 Å². The van der Waals surface area contributed by atoms with Crippen LogP contribution in [0, 0.1) is 0 Å². The summed E-state index contributed by atoms with van der Waals surface area (Å²) in [5.41, 5.74) is 1.60. The van der Waals surface area contributed by atoms with E-state index in [1.54, 1.807) is 29.2 Å². The number of amides is 3. The van der Waals surface area contributed by atoms with Crippen molar-refractivity contribution in [2.75, 3.05) is 26.2 Å². The Bertz CT molecular complexity index is 893. The number of nitrogens with zero attached hydrogens (tertiary/aromatic N) is 1. The number of hydrogen-bond donors (Lipinski definition) is 2. The molecule has 0 unspecified atom stereocenters. The molecule has 1 aliphatic rings. The van der Waals surface area contributed by atoms with Gasteiger partial charge in [-0.3, -0.25) is 14.4 Å². The fourth-order valence-electron chi connectivity index (χ4n) is 3.58. The quantitative estimate of drug-likeness (QED) is 0.681. The number of piperidine rings is 1. The predicted molar refractivity (Wildman–Crippen MR) is 118 cm³/mol. The lowest BCUT2D eigenvalue weighted by molar-refractivity contribution is -0.131. The number of likely N-dealkylation sites (tertiary alicyclic amines) is 1. The van der Waals surface area contributed by atoms with Crippen LogP contribution in [0.25, 0.3) is 0 Å². The van der Waals surface area contributed by atoms with Crippen molar-refractivity contribution in [1.29, 1.82) is 0 Å². The normalized spacial score (nSPS) is 14.0. The van der Waals surface area contributed by atoms with Gasteiger partial charge in [0.2, 0.25) is 5.91 Å². The van der Waals surface area contributed by atoms with Gasteiger partial charge in [0, 0.05) is 24.7 Å². The highest BCUT2D eigenvalue weighted by Gasteiger charge is 2.24. The van der Waals surface area contributed by atoms with Gasteiger partial charge in [-0.2, -0.15) is 0 Å². The fourth-order valence-corrected chi connectivity index (χ4v) is 3.58. The van der Waals surface area contributed by atoms with E-state index in [0.717, 1.165) is 17.7 Å². The summed E-state index contributed by atoms with van der Waals surface area (Å²) in [6.07, 6.45) is 2.20. The summed E-state index contributed by atoms with van der Waals surface area (Å²) >= 11 is 0. The number of nitrogens with one attached hydrogen (secondary N) is 2. The Morgan fingerprint density at radius 1 is 1.00 bits per heavy atom. The molecule has 1 heterocycles. The van der Waals surface area contributed by atoms with E-state index in [4.69, 9.17) is 4.74 Å². The van der Waals surface area contributed by atoms with Crippen molar-refractivity contribution >= 4 is 17.7 Å². The highest BCUT2D eigenvalue weighted by molar-refractivity contribution is 5.96. The molecule has 0 radical (unpaired) electrons. The summed E-state index contributed by atoms with van der Waals surface area (Å²) in [6, 6.07) is 16.5. The summed E-state index contributed by atoms with van der Waals surface area (Å²) in [5.74, 6) is 0.193. The zero-order chi connectivity index (χ0) is 22.1. The van der Waals surface area contributed by atoms with Crippen LogP contribution < -0.4 is 15.4 Å². The van der Waals surface area contributed by atoms with Gasteiger partial charge in [0.05, 0.1) is 6.54 Å². The third kappa shape index (κ3) is 6.57. The molecule has 31 heavy (non-hydrogen) atoms. The van der Waals surface area contributed by atoms with Crippen molar-refractivity contribution in [3.05, 3.63) is 65.7 Å². The molecule has 0 atom stereocenters. The lowest BCUT2D eigenvalue weighted by Crippen LogP contribution is -2.49. The Labute approximate surface area is 182 Å². The van der Waals surface area contributed by atoms with Crippen LogP contribution in [0.5, 0.6) is 5.75 Å². The monoisotopic (exact) mass is 423 g/mol. The van der Waals surface area contributed by atoms with Crippen LogP contribution in [-0.2, 0) is 16.0 Å². The van der Waals surface area contributed by atoms with Crippen LogP contribution in [-0.4, -0.2) is 54.9 Å². The SMILES string of the molecule is CCc1ccccc1OCC(=O)NC1CCN(C(=O)CNC(=O)c2ccccc2)CC1. The van der Waals surface area contributed by atoms with Gasteiger partial charge in [0.25, 0.3) is 11.8 Å². The largest absolute Gasteiger partial charge is 0.483 e. The van der Waals surface area contributed by atoms with Gasteiger partial charge in [-0.25, -0.2) is 0 Å². The summed E-state index contributed by atoms with van der Waals surface area (Å²) in [5, 5.41) is 5.65. The smallest absolute Gasteiger partial charge is 0.258 e. The third-order valence-electron chi connectivity index (χ3n) is 5.36. The minimum Gasteiger partial charge on any atom is -0.483 e. The summed E-state index contributed by atoms with van der Waals surface area (Å²) in [6.45, 7) is 3.08. The Hall–Kier alpha value is -3.35. The van der Waals surface area contributed by atoms with E-state index in [-0.39, 0.29) is 36.9 Å². The van der Waals surface area contributed by atoms with E-state index in [0.29, 0.717) is 31.5 Å². The number of carbonyl (C=O) groups excluding carboxylic acids is 3. The van der Waals surface area contributed by atoms with E-state index < -0.39 is 0 Å². The molecule has 3 rings (SSSR count). The van der Waals surface area contributed by atoms with Crippen LogP contribution in [0.1, 0.15) is 35.7 Å². The van der Waals surface area contributed by atoms with Gasteiger partial charge in [-0.05, 0) is 43.0 Å². The highest BCUT2D eigenvalue weighted by Crippen LogP contribution is 2.18. The number of para-hydroxylation sites is 1. The second-order valence-corrected chi connectivity index (χ2v) is 7.52. The molecule has 0 aliphatic carbocycles. The predicted octanol–water partition coefficient (Wildman–Crippen LogP) is 2.16. The van der Waals surface area contributed by atoms with E-state index in [9.17, 15) is 14.4 Å². The third-order valence-corrected chi connectivity index (χ3v) is 5.36. The van der Waals surface area contributed by atoms with Crippen LogP contribution in [0.3, 0.4) is 0 Å². The second kappa shape index (κ2) is 11.2. The first-order valence-corrected chi connectivity index (χ1v) is 10.7. The van der Waals surface area contributed by atoms with Crippen LogP contribution in [0.15, 0.2) is 54.6 Å². The molecule has 7 heteroatoms. The summed E-state index contributed by atoms with van der Waals surface area (Å²) < 4.78 is 5.66. The van der Waals surface area contributed by atoms with Crippen molar-refractivity contribution in [3.63, 3.8) is 0 Å². The van der Waals surface area contributed by atoms with Gasteiger partial charge in [0.15, 0.2) is 6.61 Å². The standard InChI is InChI=1S/C24H29N3O4/c1-2-18-8-6-7-11-21(18)31-17-22(28)26-20-12-14-27(15-13-20)23(29)16-25-24(30)19-9-4-3-5-10-19/h3-11,20H,2,12-17H2,1H3,(H,25,30)(H,26,28). The Balaban J connectivity index is 1.36. The number of hydrogen-bond acceptors (Lipinski definition) is 4. The Morgan fingerprint density at radius 2 is 1.68 bits per heavy atom. The van der Waals surface area contributed by atoms with Gasteiger partial charge in [0.1, 0.15) is 5.75 Å². The maximum absolute atomic E-state index is 12.4. The van der Waals surface area contributed by atoms with Gasteiger partial charge in [-0.15, -0.1) is 0 Å². The molecule has 2 aromatic rings. The first-order chi connectivity index (χ1) is 15.1. The van der Waals surface area contributed by atoms with Crippen molar-refractivity contribution in [3.8, 4) is 5.75 Å². The first-order valence-electron chi connectivity index (χ1n) is 10.7. The molecular weight excluding hydrogens is 394 g/mol. The minimum atomic E-state index is -0.263. The molecule has 164 valence electrons. The van der Waals surface area contributed by atoms with Crippen molar-refractivity contribution in [2.24, 2.45) is 0 Å². The van der Waals surface area contributed by atoms with E-state index in [1.165, 1.54) is 0 Å². The van der Waals surface area contributed by atoms with Crippen molar-refractivity contribution in [2.45, 2.75) is 32.2 Å². The number of benzene rings is 2. The van der Waals surface area contributed by atoms with Crippen LogP contribution >= 0.6 is 0 Å². The Kier molecular flexibility index (Phi) is 8.04. The molecule has 0 aromatic heterocycles. The van der Waals surface area contributed by atoms with E-state index >= 15 is 0 Å². The van der Waals surface area contributed by atoms with Gasteiger partial charge < -0.3 is 20.3 Å². The molecule has 0 spiro atoms. The lowest BCUT2D eigenvalue weighted by atomic mass is 10.0. The molecule has 0 bridgehead atoms. The number of ether oxygens (including phenoxy) is 1. The minimum absolute atomic E-state index is 0.0143.